The van der Waals surface area contributed by atoms with Crippen LogP contribution in [0.1, 0.15) is 32.7 Å². The minimum atomic E-state index is -0.303. The molecule has 0 spiro atoms. The van der Waals surface area contributed by atoms with E-state index in [2.05, 4.69) is 27.2 Å². The van der Waals surface area contributed by atoms with Crippen LogP contribution in [0.4, 0.5) is 0 Å². The molecule has 0 aromatic carbocycles. The van der Waals surface area contributed by atoms with E-state index in [9.17, 15) is 4.79 Å². The lowest BCUT2D eigenvalue weighted by atomic mass is 10.0. The van der Waals surface area contributed by atoms with Crippen LogP contribution in [0, 0.1) is 5.92 Å². The Bertz CT molecular complexity index is 392. The maximum atomic E-state index is 11.9. The van der Waals surface area contributed by atoms with Gasteiger partial charge in [-0.1, -0.05) is 6.92 Å². The molecule has 0 aliphatic carbocycles. The molecule has 1 aromatic heterocycles. The molecule has 2 atom stereocenters. The molecule has 2 heterocycles. The predicted octanol–water partition coefficient (Wildman–Crippen LogP) is 0.687. The van der Waals surface area contributed by atoms with Crippen LogP contribution in [0.25, 0.3) is 0 Å². The smallest absolute Gasteiger partial charge is 0.244 e. The van der Waals surface area contributed by atoms with E-state index in [0.717, 1.165) is 25.6 Å². The molecular weight excluding hydrogens is 242 g/mol. The van der Waals surface area contributed by atoms with Gasteiger partial charge >= 0.3 is 0 Å². The van der Waals surface area contributed by atoms with E-state index in [-0.39, 0.29) is 11.9 Å². The molecule has 1 saturated heterocycles. The van der Waals surface area contributed by atoms with Crippen LogP contribution in [-0.4, -0.2) is 51.8 Å². The molecule has 0 radical (unpaired) electrons. The number of carbonyl (C=O) groups is 1. The summed E-state index contributed by atoms with van der Waals surface area (Å²) in [4.78, 5) is 18.2. The summed E-state index contributed by atoms with van der Waals surface area (Å²) in [6, 6.07) is -0.303. The second kappa shape index (κ2) is 6.65. The van der Waals surface area contributed by atoms with E-state index in [4.69, 9.17) is 0 Å². The van der Waals surface area contributed by atoms with E-state index < -0.39 is 0 Å². The number of nitrogens with one attached hydrogen (secondary N) is 1. The van der Waals surface area contributed by atoms with Gasteiger partial charge in [-0.2, -0.15) is 5.10 Å². The molecular formula is C13H23N5O. The second-order valence-corrected chi connectivity index (χ2v) is 5.39. The largest absolute Gasteiger partial charge is 0.353 e. The summed E-state index contributed by atoms with van der Waals surface area (Å²) in [5, 5.41) is 6.94. The zero-order chi connectivity index (χ0) is 13.7. The number of likely N-dealkylation sites (tertiary alicyclic amines) is 1. The molecule has 0 unspecified atom stereocenters. The van der Waals surface area contributed by atoms with Crippen molar-refractivity contribution >= 4 is 5.91 Å². The van der Waals surface area contributed by atoms with E-state index in [1.165, 1.54) is 19.2 Å². The molecule has 0 bridgehead atoms. The highest BCUT2D eigenvalue weighted by atomic mass is 16.2. The maximum absolute atomic E-state index is 11.9. The number of piperidine rings is 1. The van der Waals surface area contributed by atoms with Crippen molar-refractivity contribution in [3.8, 4) is 0 Å². The van der Waals surface area contributed by atoms with E-state index >= 15 is 0 Å². The Morgan fingerprint density at radius 1 is 1.58 bits per heavy atom. The quantitative estimate of drug-likeness (QED) is 0.850. The summed E-state index contributed by atoms with van der Waals surface area (Å²) in [6.07, 6.45) is 5.60. The topological polar surface area (TPSA) is 63.1 Å². The summed E-state index contributed by atoms with van der Waals surface area (Å²) >= 11 is 0. The van der Waals surface area contributed by atoms with Crippen molar-refractivity contribution in [3.63, 3.8) is 0 Å². The van der Waals surface area contributed by atoms with Gasteiger partial charge in [0, 0.05) is 19.6 Å². The van der Waals surface area contributed by atoms with Gasteiger partial charge in [0.05, 0.1) is 0 Å². The third-order valence-electron chi connectivity index (χ3n) is 3.68. The average Bonchev–Trinajstić information content (AvgIpc) is 2.91. The van der Waals surface area contributed by atoms with Crippen molar-refractivity contribution in [2.75, 3.05) is 26.2 Å². The predicted molar refractivity (Wildman–Crippen MR) is 72.6 cm³/mol. The van der Waals surface area contributed by atoms with E-state index in [1.807, 2.05) is 6.92 Å². The first kappa shape index (κ1) is 14.0. The first-order valence-corrected chi connectivity index (χ1v) is 7.01. The number of hydrogen-bond donors (Lipinski definition) is 1. The average molecular weight is 265 g/mol. The summed E-state index contributed by atoms with van der Waals surface area (Å²) in [5.41, 5.74) is 0. The third-order valence-corrected chi connectivity index (χ3v) is 3.68. The van der Waals surface area contributed by atoms with Crippen LogP contribution in [0.2, 0.25) is 0 Å². The molecule has 1 fully saturated rings. The number of rotatable bonds is 5. The lowest BCUT2D eigenvalue weighted by Gasteiger charge is -2.30. The highest BCUT2D eigenvalue weighted by molar-refractivity contribution is 5.79. The lowest BCUT2D eigenvalue weighted by Crippen LogP contribution is -2.41. The molecule has 19 heavy (non-hydrogen) atoms. The Morgan fingerprint density at radius 3 is 3.11 bits per heavy atom. The molecule has 1 amide bonds. The van der Waals surface area contributed by atoms with Crippen molar-refractivity contribution < 1.29 is 4.79 Å². The van der Waals surface area contributed by atoms with Gasteiger partial charge in [0.25, 0.3) is 0 Å². The molecule has 2 rings (SSSR count). The Labute approximate surface area is 114 Å². The fourth-order valence-electron chi connectivity index (χ4n) is 2.51. The first-order valence-electron chi connectivity index (χ1n) is 7.01. The maximum Gasteiger partial charge on any atom is 0.244 e. The Balaban J connectivity index is 1.69. The Morgan fingerprint density at radius 2 is 2.42 bits per heavy atom. The van der Waals surface area contributed by atoms with Crippen LogP contribution >= 0.6 is 0 Å². The van der Waals surface area contributed by atoms with Gasteiger partial charge in [0.2, 0.25) is 5.91 Å². The van der Waals surface area contributed by atoms with Gasteiger partial charge in [0.15, 0.2) is 0 Å². The van der Waals surface area contributed by atoms with E-state index in [0.29, 0.717) is 6.54 Å². The van der Waals surface area contributed by atoms with Crippen LogP contribution in [0.3, 0.4) is 0 Å². The molecule has 6 heteroatoms. The molecule has 1 N–H and O–H groups in total. The first-order chi connectivity index (χ1) is 9.16. The highest BCUT2D eigenvalue weighted by Gasteiger charge is 2.17. The number of hydrogen-bond acceptors (Lipinski definition) is 4. The molecule has 0 saturated carbocycles. The fraction of sp³-hybridized carbons (Fsp3) is 0.769. The molecule has 106 valence electrons. The van der Waals surface area contributed by atoms with Crippen LogP contribution in [0.5, 0.6) is 0 Å². The number of nitrogens with zero attached hydrogens (tertiary/aromatic N) is 4. The minimum Gasteiger partial charge on any atom is -0.353 e. The number of amides is 1. The second-order valence-electron chi connectivity index (χ2n) is 5.39. The summed E-state index contributed by atoms with van der Waals surface area (Å²) in [5.74, 6) is 0.772. The van der Waals surface area contributed by atoms with Gasteiger partial charge in [-0.05, 0) is 32.2 Å². The monoisotopic (exact) mass is 265 g/mol. The Hall–Kier alpha value is -1.43. The number of aromatic nitrogens is 3. The van der Waals surface area contributed by atoms with Gasteiger partial charge in [-0.15, -0.1) is 0 Å². The van der Waals surface area contributed by atoms with Gasteiger partial charge in [0.1, 0.15) is 18.7 Å². The van der Waals surface area contributed by atoms with Gasteiger partial charge in [-0.3, -0.25) is 4.79 Å². The third kappa shape index (κ3) is 4.02. The molecule has 1 aliphatic rings. The zero-order valence-corrected chi connectivity index (χ0v) is 11.7. The van der Waals surface area contributed by atoms with Crippen molar-refractivity contribution in [3.05, 3.63) is 12.7 Å². The summed E-state index contributed by atoms with van der Waals surface area (Å²) < 4.78 is 1.57. The summed E-state index contributed by atoms with van der Waals surface area (Å²) in [7, 11) is 0. The van der Waals surface area contributed by atoms with Crippen molar-refractivity contribution in [2.24, 2.45) is 5.92 Å². The summed E-state index contributed by atoms with van der Waals surface area (Å²) in [6.45, 7) is 8.04. The zero-order valence-electron chi connectivity index (χ0n) is 11.7. The van der Waals surface area contributed by atoms with Crippen LogP contribution in [-0.2, 0) is 4.79 Å². The van der Waals surface area contributed by atoms with Crippen LogP contribution < -0.4 is 5.32 Å². The van der Waals surface area contributed by atoms with Gasteiger partial charge < -0.3 is 10.2 Å². The normalized spacial score (nSPS) is 22.1. The molecule has 1 aromatic rings. The van der Waals surface area contributed by atoms with E-state index in [1.54, 1.807) is 11.0 Å². The number of carbonyl (C=O) groups excluding carboxylic acids is 1. The van der Waals surface area contributed by atoms with Crippen molar-refractivity contribution in [2.45, 2.75) is 32.7 Å². The van der Waals surface area contributed by atoms with Crippen molar-refractivity contribution in [1.29, 1.82) is 0 Å². The SMILES string of the molecule is C[C@H]1CCCN(CCNC(=O)[C@@H](C)n2cncn2)C1. The van der Waals surface area contributed by atoms with Crippen molar-refractivity contribution in [1.82, 2.24) is 25.0 Å². The lowest BCUT2D eigenvalue weighted by molar-refractivity contribution is -0.124. The van der Waals surface area contributed by atoms with Gasteiger partial charge in [-0.25, -0.2) is 9.67 Å². The minimum absolute atomic E-state index is 0.00411. The standard InChI is InChI=1S/C13H23N5O/c1-11-4-3-6-17(8-11)7-5-15-13(19)12(2)18-10-14-9-16-18/h9-12H,3-8H2,1-2H3,(H,15,19)/t11-,12+/m0/s1. The molecule has 1 aliphatic heterocycles. The molecule has 6 nitrogen and oxygen atoms in total. The highest BCUT2D eigenvalue weighted by Crippen LogP contribution is 2.14. The van der Waals surface area contributed by atoms with Crippen LogP contribution in [0.15, 0.2) is 12.7 Å². The Kier molecular flexibility index (Phi) is 4.90. The fourth-order valence-corrected chi connectivity index (χ4v) is 2.51.